The summed E-state index contributed by atoms with van der Waals surface area (Å²) in [6.07, 6.45) is 3.13. The highest BCUT2D eigenvalue weighted by Gasteiger charge is 2.30. The van der Waals surface area contributed by atoms with Gasteiger partial charge in [0.15, 0.2) is 0 Å². The van der Waals surface area contributed by atoms with E-state index in [0.717, 1.165) is 16.8 Å². The van der Waals surface area contributed by atoms with Crippen LogP contribution in [-0.4, -0.2) is 41.7 Å². The van der Waals surface area contributed by atoms with Crippen LogP contribution >= 0.6 is 0 Å². The van der Waals surface area contributed by atoms with Gasteiger partial charge in [0.2, 0.25) is 0 Å². The molecule has 1 unspecified atom stereocenters. The fraction of sp³-hybridized carbons (Fsp3) is 0.381. The molecule has 0 bridgehead atoms. The number of hydrogen-bond acceptors (Lipinski definition) is 4. The van der Waals surface area contributed by atoms with Crippen molar-refractivity contribution in [1.82, 2.24) is 10.3 Å². The van der Waals surface area contributed by atoms with Crippen molar-refractivity contribution in [2.45, 2.75) is 19.8 Å². The first-order valence-electron chi connectivity index (χ1n) is 9.17. The molecular formula is C21H24N2O4. The number of nitrogens with zero attached hydrogens (tertiary/aromatic N) is 1. The van der Waals surface area contributed by atoms with Crippen molar-refractivity contribution in [3.05, 3.63) is 53.7 Å². The first-order valence-corrected chi connectivity index (χ1v) is 9.17. The van der Waals surface area contributed by atoms with E-state index in [2.05, 4.69) is 10.3 Å². The number of nitrogens with one attached hydrogen (secondary N) is 1. The van der Waals surface area contributed by atoms with Gasteiger partial charge in [0.05, 0.1) is 11.6 Å². The minimum absolute atomic E-state index is 0.0255. The lowest BCUT2D eigenvalue weighted by Crippen LogP contribution is -2.39. The number of carboxylic acids is 1. The van der Waals surface area contributed by atoms with Crippen LogP contribution in [0.25, 0.3) is 11.3 Å². The van der Waals surface area contributed by atoms with E-state index in [1.807, 2.05) is 37.3 Å². The Morgan fingerprint density at radius 2 is 2.00 bits per heavy atom. The summed E-state index contributed by atoms with van der Waals surface area (Å²) in [4.78, 5) is 28.7. The molecule has 27 heavy (non-hydrogen) atoms. The number of pyridine rings is 1. The van der Waals surface area contributed by atoms with Crippen molar-refractivity contribution in [2.24, 2.45) is 11.8 Å². The summed E-state index contributed by atoms with van der Waals surface area (Å²) >= 11 is 0. The second-order valence-corrected chi connectivity index (χ2v) is 6.80. The zero-order chi connectivity index (χ0) is 19.2. The predicted molar refractivity (Wildman–Crippen MR) is 101 cm³/mol. The Kier molecular flexibility index (Phi) is 6.19. The molecule has 1 aliphatic heterocycles. The van der Waals surface area contributed by atoms with Gasteiger partial charge >= 0.3 is 5.97 Å². The Labute approximate surface area is 158 Å². The molecule has 6 nitrogen and oxygen atoms in total. The summed E-state index contributed by atoms with van der Waals surface area (Å²) in [6, 6.07) is 11.1. The van der Waals surface area contributed by atoms with Crippen LogP contribution in [0.15, 0.2) is 42.6 Å². The fourth-order valence-electron chi connectivity index (χ4n) is 3.55. The van der Waals surface area contributed by atoms with Gasteiger partial charge in [-0.1, -0.05) is 18.2 Å². The molecule has 0 saturated carbocycles. The zero-order valence-corrected chi connectivity index (χ0v) is 15.4. The normalized spacial score (nSPS) is 15.9. The van der Waals surface area contributed by atoms with Gasteiger partial charge in [0.25, 0.3) is 5.91 Å². The van der Waals surface area contributed by atoms with Gasteiger partial charge in [-0.05, 0) is 49.4 Å². The van der Waals surface area contributed by atoms with Crippen LogP contribution in [0.3, 0.4) is 0 Å². The van der Waals surface area contributed by atoms with Crippen molar-refractivity contribution in [2.75, 3.05) is 19.8 Å². The van der Waals surface area contributed by atoms with Crippen LogP contribution in [0.1, 0.15) is 28.8 Å². The van der Waals surface area contributed by atoms with Crippen LogP contribution in [0.4, 0.5) is 0 Å². The number of carboxylic acid groups (broad SMARTS) is 1. The Morgan fingerprint density at radius 3 is 2.67 bits per heavy atom. The second kappa shape index (κ2) is 8.77. The van der Waals surface area contributed by atoms with Gasteiger partial charge in [0.1, 0.15) is 0 Å². The molecule has 1 aromatic heterocycles. The van der Waals surface area contributed by atoms with Crippen molar-refractivity contribution in [3.8, 4) is 11.3 Å². The highest BCUT2D eigenvalue weighted by Crippen LogP contribution is 2.25. The average molecular weight is 368 g/mol. The second-order valence-electron chi connectivity index (χ2n) is 6.80. The van der Waals surface area contributed by atoms with Crippen LogP contribution in [-0.2, 0) is 9.53 Å². The van der Waals surface area contributed by atoms with Crippen molar-refractivity contribution in [3.63, 3.8) is 0 Å². The van der Waals surface area contributed by atoms with E-state index < -0.39 is 11.9 Å². The Bertz CT molecular complexity index is 801. The molecular weight excluding hydrogens is 344 g/mol. The van der Waals surface area contributed by atoms with Crippen molar-refractivity contribution < 1.29 is 19.4 Å². The number of carbonyl (C=O) groups is 2. The molecule has 1 fully saturated rings. The third-order valence-corrected chi connectivity index (χ3v) is 5.15. The number of aliphatic carboxylic acids is 1. The summed E-state index contributed by atoms with van der Waals surface area (Å²) < 4.78 is 5.31. The maximum atomic E-state index is 12.7. The molecule has 1 atom stereocenters. The van der Waals surface area contributed by atoms with Gasteiger partial charge in [-0.2, -0.15) is 0 Å². The van der Waals surface area contributed by atoms with Crippen molar-refractivity contribution >= 4 is 11.9 Å². The predicted octanol–water partition coefficient (Wildman–Crippen LogP) is 2.91. The number of amides is 1. The van der Waals surface area contributed by atoms with Crippen LogP contribution in [0, 0.1) is 18.8 Å². The molecule has 1 aromatic carbocycles. The quantitative estimate of drug-likeness (QED) is 0.818. The average Bonchev–Trinajstić information content (AvgIpc) is 2.69. The number of rotatable bonds is 6. The fourth-order valence-corrected chi connectivity index (χ4v) is 3.55. The Hall–Kier alpha value is -2.73. The van der Waals surface area contributed by atoms with Gasteiger partial charge < -0.3 is 15.2 Å². The standard InChI is InChI=1S/C21H24N2O4/c1-14-16(19-7-2-3-10-22-19)5-4-6-17(14)20(24)23-13-18(21(25)26)15-8-11-27-12-9-15/h2-7,10,15,18H,8-9,11-13H2,1H3,(H,23,24)(H,25,26). The first kappa shape index (κ1) is 19.0. The number of hydrogen-bond donors (Lipinski definition) is 2. The zero-order valence-electron chi connectivity index (χ0n) is 15.4. The molecule has 2 heterocycles. The van der Waals surface area contributed by atoms with E-state index >= 15 is 0 Å². The lowest BCUT2D eigenvalue weighted by atomic mass is 9.86. The van der Waals surface area contributed by atoms with E-state index in [1.54, 1.807) is 12.3 Å². The van der Waals surface area contributed by atoms with Crippen LogP contribution in [0.5, 0.6) is 0 Å². The number of ether oxygens (including phenoxy) is 1. The molecule has 1 saturated heterocycles. The number of benzene rings is 1. The molecule has 0 aliphatic carbocycles. The van der Waals surface area contributed by atoms with E-state index in [1.165, 1.54) is 0 Å². The van der Waals surface area contributed by atoms with Gasteiger partial charge in [-0.15, -0.1) is 0 Å². The molecule has 0 spiro atoms. The summed E-state index contributed by atoms with van der Waals surface area (Å²) in [5, 5.41) is 12.4. The molecule has 2 N–H and O–H groups in total. The molecule has 1 amide bonds. The monoisotopic (exact) mass is 368 g/mol. The van der Waals surface area contributed by atoms with Crippen LogP contribution in [0.2, 0.25) is 0 Å². The van der Waals surface area contributed by atoms with Gasteiger partial charge in [-0.25, -0.2) is 0 Å². The molecule has 6 heteroatoms. The molecule has 3 rings (SSSR count). The highest BCUT2D eigenvalue weighted by molar-refractivity contribution is 5.97. The van der Waals surface area contributed by atoms with E-state index in [9.17, 15) is 14.7 Å². The Balaban J connectivity index is 1.73. The van der Waals surface area contributed by atoms with E-state index in [-0.39, 0.29) is 18.4 Å². The lowest BCUT2D eigenvalue weighted by Gasteiger charge is -2.27. The van der Waals surface area contributed by atoms with Gasteiger partial charge in [0, 0.05) is 37.1 Å². The molecule has 2 aromatic rings. The molecule has 1 aliphatic rings. The smallest absolute Gasteiger partial charge is 0.308 e. The third kappa shape index (κ3) is 4.52. The maximum absolute atomic E-state index is 12.7. The van der Waals surface area contributed by atoms with Crippen molar-refractivity contribution in [1.29, 1.82) is 0 Å². The number of carbonyl (C=O) groups excluding carboxylic acids is 1. The minimum atomic E-state index is -0.874. The maximum Gasteiger partial charge on any atom is 0.308 e. The minimum Gasteiger partial charge on any atom is -0.481 e. The topological polar surface area (TPSA) is 88.5 Å². The summed E-state index contributed by atoms with van der Waals surface area (Å²) in [5.74, 6) is -1.71. The van der Waals surface area contributed by atoms with E-state index in [0.29, 0.717) is 31.6 Å². The lowest BCUT2D eigenvalue weighted by molar-refractivity contribution is -0.144. The number of aromatic nitrogens is 1. The highest BCUT2D eigenvalue weighted by atomic mass is 16.5. The summed E-state index contributed by atoms with van der Waals surface area (Å²) in [6.45, 7) is 3.15. The first-order chi connectivity index (χ1) is 13.1. The van der Waals surface area contributed by atoms with Gasteiger partial charge in [-0.3, -0.25) is 14.6 Å². The van der Waals surface area contributed by atoms with Crippen LogP contribution < -0.4 is 5.32 Å². The van der Waals surface area contributed by atoms with E-state index in [4.69, 9.17) is 4.74 Å². The Morgan fingerprint density at radius 1 is 1.22 bits per heavy atom. The molecule has 142 valence electrons. The largest absolute Gasteiger partial charge is 0.481 e. The third-order valence-electron chi connectivity index (χ3n) is 5.15. The SMILES string of the molecule is Cc1c(C(=O)NCC(C(=O)O)C2CCOCC2)cccc1-c1ccccn1. The summed E-state index contributed by atoms with van der Waals surface area (Å²) in [7, 11) is 0. The summed E-state index contributed by atoms with van der Waals surface area (Å²) in [5.41, 5.74) is 3.05. The molecule has 0 radical (unpaired) electrons.